The summed E-state index contributed by atoms with van der Waals surface area (Å²) in [6, 6.07) is 7.91. The summed E-state index contributed by atoms with van der Waals surface area (Å²) in [7, 11) is 0. The molecule has 12 nitrogen and oxygen atoms in total. The number of aliphatic carboxylic acids is 1. The van der Waals surface area contributed by atoms with Crippen LogP contribution in [-0.4, -0.2) is 64.2 Å². The summed E-state index contributed by atoms with van der Waals surface area (Å²) in [6.45, 7) is 0. The second-order valence-corrected chi connectivity index (χ2v) is 7.80. The van der Waals surface area contributed by atoms with E-state index in [-0.39, 0.29) is 38.6 Å². The third-order valence-corrected chi connectivity index (χ3v) is 5.49. The van der Waals surface area contributed by atoms with E-state index in [4.69, 9.17) is 0 Å². The second kappa shape index (κ2) is 9.34. The van der Waals surface area contributed by atoms with E-state index >= 15 is 0 Å². The van der Waals surface area contributed by atoms with Gasteiger partial charge < -0.3 is 30.4 Å². The molecule has 2 aliphatic rings. The number of nitrogens with one attached hydrogen (secondary N) is 2. The number of hydrogen-bond donors (Lipinski definition) is 6. The molecule has 8 bridgehead atoms. The average Bonchev–Trinajstić information content (AvgIpc) is 3.56. The second-order valence-electron chi connectivity index (χ2n) is 7.80. The Labute approximate surface area is 220 Å². The third kappa shape index (κ3) is 4.46. The Balaban J connectivity index is 0.00000320. The van der Waals surface area contributed by atoms with Crippen LogP contribution >= 0.6 is 0 Å². The smallest absolute Gasteiger partial charge is 0.340 e. The molecule has 0 fully saturated rings. The van der Waals surface area contributed by atoms with Gasteiger partial charge in [0.1, 0.15) is 11.1 Å². The van der Waals surface area contributed by atoms with Crippen molar-refractivity contribution in [2.75, 3.05) is 0 Å². The Hall–Kier alpha value is -4.81. The molecular weight excluding hydrogens is 520 g/mol. The molecule has 182 valence electrons. The molecule has 0 radical (unpaired) electrons. The molecule has 2 aliphatic heterocycles. The van der Waals surface area contributed by atoms with E-state index in [1.54, 1.807) is 30.4 Å². The van der Waals surface area contributed by atoms with Crippen LogP contribution in [0.4, 0.5) is 0 Å². The van der Waals surface area contributed by atoms with Crippen molar-refractivity contribution in [1.82, 2.24) is 19.9 Å². The quantitative estimate of drug-likeness (QED) is 0.211. The molecule has 5 rings (SSSR count). The monoisotopic (exact) mass is 534 g/mol. The Morgan fingerprint density at radius 1 is 0.649 bits per heavy atom. The minimum Gasteiger partial charge on any atom is -0.478 e. The van der Waals surface area contributed by atoms with Gasteiger partial charge >= 0.3 is 23.9 Å². The van der Waals surface area contributed by atoms with Crippen LogP contribution in [0, 0.1) is 0 Å². The summed E-state index contributed by atoms with van der Waals surface area (Å²) in [5, 5.41) is 39.4. The Kier molecular flexibility index (Phi) is 6.38. The number of nitrogens with zero attached hydrogens (tertiary/aromatic N) is 2. The molecule has 0 saturated carbocycles. The molecule has 13 heteroatoms. The predicted octanol–water partition coefficient (Wildman–Crippen LogP) is 3.20. The van der Waals surface area contributed by atoms with Crippen molar-refractivity contribution in [2.45, 2.75) is 0 Å². The van der Waals surface area contributed by atoms with Gasteiger partial charge in [-0.2, -0.15) is 0 Å². The largest absolute Gasteiger partial charge is 0.478 e. The SMILES string of the molecule is O=C(O)C1=Cc2cc3ccc(cc4nc(cc5[nH]c(c(C(=O)O)c1n2)c(C(=O)O)c5C(=O)O)C=C4)[nH]3.[Ti]. The summed E-state index contributed by atoms with van der Waals surface area (Å²) >= 11 is 0. The number of rotatable bonds is 4. The van der Waals surface area contributed by atoms with E-state index in [1.165, 1.54) is 12.1 Å². The third-order valence-electron chi connectivity index (χ3n) is 5.49. The molecule has 3 aromatic heterocycles. The normalized spacial score (nSPS) is 11.9. The van der Waals surface area contributed by atoms with Crippen molar-refractivity contribution < 1.29 is 61.3 Å². The van der Waals surface area contributed by atoms with Crippen LogP contribution in [0.1, 0.15) is 53.8 Å². The van der Waals surface area contributed by atoms with E-state index in [2.05, 4.69) is 19.9 Å². The van der Waals surface area contributed by atoms with Crippen LogP contribution in [0.2, 0.25) is 0 Å². The minimum atomic E-state index is -1.73. The van der Waals surface area contributed by atoms with Crippen LogP contribution in [0.3, 0.4) is 0 Å². The van der Waals surface area contributed by atoms with Gasteiger partial charge in [-0.05, 0) is 48.6 Å². The van der Waals surface area contributed by atoms with E-state index in [1.807, 2.05) is 0 Å². The molecule has 0 spiro atoms. The standard InChI is InChI=1S/C24H14N4O8.Ti/c29-21(30)14-7-13-6-11-2-1-9(25-11)5-10-3-4-12(26-10)8-15-16(22(31)32)17(23(33)34)20(28-15)18(24(35)36)19(14)27-13;/h1-8,25,28H,(H,29,30)(H,31,32)(H,33,34)(H,35,36);. The molecule has 0 unspecified atom stereocenters. The number of aromatic amines is 2. The molecule has 0 amide bonds. The first-order chi connectivity index (χ1) is 17.1. The summed E-state index contributed by atoms with van der Waals surface area (Å²) in [4.78, 5) is 62.7. The zero-order chi connectivity index (χ0) is 25.7. The van der Waals surface area contributed by atoms with Crippen LogP contribution < -0.4 is 0 Å². The first-order valence-electron chi connectivity index (χ1n) is 10.2. The summed E-state index contributed by atoms with van der Waals surface area (Å²) in [5.74, 6) is -6.57. The Morgan fingerprint density at radius 3 is 1.78 bits per heavy atom. The molecule has 0 aromatic carbocycles. The van der Waals surface area contributed by atoms with Gasteiger partial charge in [-0.3, -0.25) is 0 Å². The zero-order valence-corrected chi connectivity index (χ0v) is 20.0. The zero-order valence-electron chi connectivity index (χ0n) is 18.4. The molecule has 6 N–H and O–H groups in total. The van der Waals surface area contributed by atoms with Gasteiger partial charge in [0.05, 0.1) is 44.9 Å². The topological polar surface area (TPSA) is 207 Å². The molecule has 0 aliphatic carbocycles. The van der Waals surface area contributed by atoms with Gasteiger partial charge in [0.15, 0.2) is 0 Å². The van der Waals surface area contributed by atoms with E-state index in [0.717, 1.165) is 6.08 Å². The van der Waals surface area contributed by atoms with Crippen LogP contribution in [0.5, 0.6) is 0 Å². The van der Waals surface area contributed by atoms with Crippen molar-refractivity contribution >= 4 is 69.7 Å². The van der Waals surface area contributed by atoms with Crippen molar-refractivity contribution in [3.8, 4) is 0 Å². The van der Waals surface area contributed by atoms with Gasteiger partial charge in [0, 0.05) is 32.8 Å². The number of fused-ring (bicyclic) bond motifs is 8. The number of aromatic nitrogens is 4. The fourth-order valence-corrected chi connectivity index (χ4v) is 4.06. The number of carboxylic acids is 4. The van der Waals surface area contributed by atoms with E-state index in [9.17, 15) is 39.6 Å². The van der Waals surface area contributed by atoms with Crippen molar-refractivity contribution in [3.05, 3.63) is 69.8 Å². The van der Waals surface area contributed by atoms with Gasteiger partial charge in [-0.1, -0.05) is 0 Å². The summed E-state index contributed by atoms with van der Waals surface area (Å²) in [6.07, 6.45) is 4.37. The maximum Gasteiger partial charge on any atom is 0.340 e. The van der Waals surface area contributed by atoms with Gasteiger partial charge in [0.25, 0.3) is 0 Å². The molecular formula is C24H14N4O8Ti. The van der Waals surface area contributed by atoms with Crippen molar-refractivity contribution in [3.63, 3.8) is 0 Å². The number of carboxylic acid groups (broad SMARTS) is 4. The van der Waals surface area contributed by atoms with Gasteiger partial charge in [-0.15, -0.1) is 0 Å². The first-order valence-corrected chi connectivity index (χ1v) is 10.2. The van der Waals surface area contributed by atoms with E-state index in [0.29, 0.717) is 16.7 Å². The predicted molar refractivity (Wildman–Crippen MR) is 126 cm³/mol. The van der Waals surface area contributed by atoms with Crippen molar-refractivity contribution in [2.24, 2.45) is 0 Å². The molecule has 0 atom stereocenters. The first kappa shape index (κ1) is 25.3. The van der Waals surface area contributed by atoms with Crippen LogP contribution in [0.15, 0.2) is 30.3 Å². The molecule has 5 heterocycles. The van der Waals surface area contributed by atoms with Crippen molar-refractivity contribution in [1.29, 1.82) is 0 Å². The minimum absolute atomic E-state index is 0. The fourth-order valence-electron chi connectivity index (χ4n) is 4.06. The maximum atomic E-state index is 12.4. The maximum absolute atomic E-state index is 12.4. The van der Waals surface area contributed by atoms with E-state index < -0.39 is 57.4 Å². The Bertz CT molecular complexity index is 1760. The molecule has 0 saturated heterocycles. The van der Waals surface area contributed by atoms with Crippen LogP contribution in [0.25, 0.3) is 45.9 Å². The summed E-state index contributed by atoms with van der Waals surface area (Å²) in [5.41, 5.74) is -2.19. The number of hydrogen-bond acceptors (Lipinski definition) is 6. The molecule has 3 aromatic rings. The van der Waals surface area contributed by atoms with Gasteiger partial charge in [0.2, 0.25) is 0 Å². The number of H-pyrrole nitrogens is 2. The number of aromatic carboxylic acids is 3. The Morgan fingerprint density at radius 2 is 1.22 bits per heavy atom. The molecule has 37 heavy (non-hydrogen) atoms. The number of carbonyl (C=O) groups is 4. The summed E-state index contributed by atoms with van der Waals surface area (Å²) < 4.78 is 0. The average molecular weight is 534 g/mol. The van der Waals surface area contributed by atoms with Gasteiger partial charge in [-0.25, -0.2) is 29.1 Å². The fraction of sp³-hybridized carbons (Fsp3) is 0. The van der Waals surface area contributed by atoms with Crippen LogP contribution in [-0.2, 0) is 26.5 Å².